The number of hydrogen-bond donors (Lipinski definition) is 2. The fraction of sp³-hybridized carbons (Fsp3) is 0.222. The van der Waals surface area contributed by atoms with E-state index < -0.39 is 11.7 Å². The van der Waals surface area contributed by atoms with Gasteiger partial charge in [-0.15, -0.1) is 0 Å². The Bertz CT molecular complexity index is 342. The fourth-order valence-electron chi connectivity index (χ4n) is 1.04. The number of benzene rings is 1. The summed E-state index contributed by atoms with van der Waals surface area (Å²) < 4.78 is 18.0. The molecule has 0 aliphatic rings. The van der Waals surface area contributed by atoms with Gasteiger partial charge < -0.3 is 4.74 Å². The third-order valence-corrected chi connectivity index (χ3v) is 1.76. The number of ether oxygens (including phenoxy) is 1. The van der Waals surface area contributed by atoms with Crippen molar-refractivity contribution in [1.29, 1.82) is 0 Å². The summed E-state index contributed by atoms with van der Waals surface area (Å²) in [7, 11) is 1.47. The van der Waals surface area contributed by atoms with Gasteiger partial charge in [0.2, 0.25) is 5.91 Å². The number of amides is 1. The number of nitrogens with two attached hydrogens (primary N) is 1. The minimum Gasteiger partial charge on any atom is -0.497 e. The number of carbonyl (C=O) groups is 1. The summed E-state index contributed by atoms with van der Waals surface area (Å²) in [6, 6.07) is 4.20. The van der Waals surface area contributed by atoms with Crippen LogP contribution in [-0.2, 0) is 11.2 Å². The minimum atomic E-state index is -0.450. The summed E-state index contributed by atoms with van der Waals surface area (Å²) in [4.78, 5) is 10.9. The van der Waals surface area contributed by atoms with Gasteiger partial charge in [0.25, 0.3) is 0 Å². The molecule has 0 aliphatic carbocycles. The van der Waals surface area contributed by atoms with Crippen molar-refractivity contribution in [3.8, 4) is 5.75 Å². The van der Waals surface area contributed by atoms with Crippen LogP contribution in [0.3, 0.4) is 0 Å². The van der Waals surface area contributed by atoms with Crippen molar-refractivity contribution >= 4 is 5.91 Å². The Balaban J connectivity index is 2.89. The van der Waals surface area contributed by atoms with Crippen molar-refractivity contribution in [2.75, 3.05) is 7.11 Å². The van der Waals surface area contributed by atoms with Gasteiger partial charge in [0.05, 0.1) is 13.5 Å². The van der Waals surface area contributed by atoms with Crippen LogP contribution < -0.4 is 16.0 Å². The number of hydrogen-bond acceptors (Lipinski definition) is 3. The first kappa shape index (κ1) is 10.5. The molecule has 0 spiro atoms. The summed E-state index contributed by atoms with van der Waals surface area (Å²) in [5.74, 6) is 4.50. The van der Waals surface area contributed by atoms with E-state index in [-0.39, 0.29) is 12.0 Å². The zero-order valence-electron chi connectivity index (χ0n) is 7.71. The van der Waals surface area contributed by atoms with Crippen molar-refractivity contribution < 1.29 is 13.9 Å². The molecule has 0 aliphatic heterocycles. The fourth-order valence-corrected chi connectivity index (χ4v) is 1.04. The van der Waals surface area contributed by atoms with Crippen molar-refractivity contribution in [3.63, 3.8) is 0 Å². The predicted octanol–water partition coefficient (Wildman–Crippen LogP) is 0.367. The van der Waals surface area contributed by atoms with E-state index in [4.69, 9.17) is 10.6 Å². The maximum atomic E-state index is 13.1. The molecule has 76 valence electrons. The second kappa shape index (κ2) is 4.57. The second-order valence-corrected chi connectivity index (χ2v) is 2.70. The van der Waals surface area contributed by atoms with E-state index in [1.54, 1.807) is 0 Å². The molecule has 4 nitrogen and oxygen atoms in total. The highest BCUT2D eigenvalue weighted by molar-refractivity contribution is 5.78. The van der Waals surface area contributed by atoms with Crippen LogP contribution in [0.2, 0.25) is 0 Å². The molecule has 1 amide bonds. The molecular formula is C9H11FN2O2. The van der Waals surface area contributed by atoms with E-state index in [0.717, 1.165) is 0 Å². The van der Waals surface area contributed by atoms with E-state index in [0.29, 0.717) is 5.75 Å². The van der Waals surface area contributed by atoms with Gasteiger partial charge in [-0.3, -0.25) is 10.2 Å². The van der Waals surface area contributed by atoms with Crippen LogP contribution in [0.15, 0.2) is 18.2 Å². The summed E-state index contributed by atoms with van der Waals surface area (Å²) >= 11 is 0. The van der Waals surface area contributed by atoms with E-state index in [2.05, 4.69) is 0 Å². The molecule has 0 fully saturated rings. The number of carbonyl (C=O) groups excluding carboxylic acids is 1. The van der Waals surface area contributed by atoms with Gasteiger partial charge in [0.1, 0.15) is 11.6 Å². The SMILES string of the molecule is COc1ccc(F)c(CC(=O)NN)c1. The molecule has 0 saturated heterocycles. The van der Waals surface area contributed by atoms with Crippen LogP contribution >= 0.6 is 0 Å². The number of halogens is 1. The van der Waals surface area contributed by atoms with Crippen molar-refractivity contribution in [2.24, 2.45) is 5.84 Å². The number of nitrogens with one attached hydrogen (secondary N) is 1. The summed E-state index contributed by atoms with van der Waals surface area (Å²) in [6.45, 7) is 0. The zero-order valence-corrected chi connectivity index (χ0v) is 7.71. The van der Waals surface area contributed by atoms with Crippen LogP contribution in [0, 0.1) is 5.82 Å². The molecular weight excluding hydrogens is 187 g/mol. The third kappa shape index (κ3) is 2.43. The van der Waals surface area contributed by atoms with Gasteiger partial charge in [-0.2, -0.15) is 0 Å². The Morgan fingerprint density at radius 1 is 1.64 bits per heavy atom. The predicted molar refractivity (Wildman–Crippen MR) is 49.0 cm³/mol. The topological polar surface area (TPSA) is 64.3 Å². The Hall–Kier alpha value is -1.62. The normalized spacial score (nSPS) is 9.64. The molecule has 0 bridgehead atoms. The average Bonchev–Trinajstić information content (AvgIpc) is 2.21. The highest BCUT2D eigenvalue weighted by Gasteiger charge is 2.08. The first-order chi connectivity index (χ1) is 6.67. The van der Waals surface area contributed by atoms with Gasteiger partial charge in [-0.1, -0.05) is 0 Å². The highest BCUT2D eigenvalue weighted by Crippen LogP contribution is 2.16. The zero-order chi connectivity index (χ0) is 10.6. The number of methoxy groups -OCH3 is 1. The molecule has 5 heteroatoms. The van der Waals surface area contributed by atoms with Crippen LogP contribution in [-0.4, -0.2) is 13.0 Å². The van der Waals surface area contributed by atoms with Gasteiger partial charge in [0, 0.05) is 5.56 Å². The molecule has 3 N–H and O–H groups in total. The van der Waals surface area contributed by atoms with Crippen LogP contribution in [0.1, 0.15) is 5.56 Å². The maximum absolute atomic E-state index is 13.1. The minimum absolute atomic E-state index is 0.0977. The Morgan fingerprint density at radius 2 is 2.36 bits per heavy atom. The van der Waals surface area contributed by atoms with E-state index in [1.807, 2.05) is 5.43 Å². The first-order valence-corrected chi connectivity index (χ1v) is 3.99. The van der Waals surface area contributed by atoms with Crippen molar-refractivity contribution in [1.82, 2.24) is 5.43 Å². The lowest BCUT2D eigenvalue weighted by molar-refractivity contribution is -0.120. The van der Waals surface area contributed by atoms with Crippen molar-refractivity contribution in [2.45, 2.75) is 6.42 Å². The molecule has 0 unspecified atom stereocenters. The molecule has 1 rings (SSSR count). The Kier molecular flexibility index (Phi) is 3.41. The van der Waals surface area contributed by atoms with Crippen LogP contribution in [0.4, 0.5) is 4.39 Å². The largest absolute Gasteiger partial charge is 0.497 e. The molecule has 0 saturated carbocycles. The summed E-state index contributed by atoms with van der Waals surface area (Å²) in [5.41, 5.74) is 2.19. The Morgan fingerprint density at radius 3 is 2.93 bits per heavy atom. The van der Waals surface area contributed by atoms with Gasteiger partial charge in [-0.25, -0.2) is 10.2 Å². The summed E-state index contributed by atoms with van der Waals surface area (Å²) in [5, 5.41) is 0. The average molecular weight is 198 g/mol. The Labute approximate surface area is 80.8 Å². The monoisotopic (exact) mass is 198 g/mol. The molecule has 1 aromatic rings. The highest BCUT2D eigenvalue weighted by atomic mass is 19.1. The second-order valence-electron chi connectivity index (χ2n) is 2.70. The third-order valence-electron chi connectivity index (χ3n) is 1.76. The molecule has 1 aromatic carbocycles. The van der Waals surface area contributed by atoms with Gasteiger partial charge in [0.15, 0.2) is 0 Å². The standard InChI is InChI=1S/C9H11FN2O2/c1-14-7-2-3-8(10)6(4-7)5-9(13)12-11/h2-4H,5,11H2,1H3,(H,12,13). The molecule has 0 heterocycles. The molecule has 0 aromatic heterocycles. The molecule has 0 radical (unpaired) electrons. The first-order valence-electron chi connectivity index (χ1n) is 3.99. The van der Waals surface area contributed by atoms with E-state index in [9.17, 15) is 9.18 Å². The van der Waals surface area contributed by atoms with Crippen LogP contribution in [0.25, 0.3) is 0 Å². The molecule has 0 atom stereocenters. The summed E-state index contributed by atoms with van der Waals surface area (Å²) in [6.07, 6.45) is -0.0977. The molecule has 14 heavy (non-hydrogen) atoms. The number of hydrazine groups is 1. The van der Waals surface area contributed by atoms with E-state index in [1.165, 1.54) is 25.3 Å². The van der Waals surface area contributed by atoms with Gasteiger partial charge >= 0.3 is 0 Å². The van der Waals surface area contributed by atoms with E-state index >= 15 is 0 Å². The quantitative estimate of drug-likeness (QED) is 0.419. The van der Waals surface area contributed by atoms with Gasteiger partial charge in [-0.05, 0) is 18.2 Å². The lowest BCUT2D eigenvalue weighted by Crippen LogP contribution is -2.31. The maximum Gasteiger partial charge on any atom is 0.238 e. The number of rotatable bonds is 3. The smallest absolute Gasteiger partial charge is 0.238 e. The van der Waals surface area contributed by atoms with Crippen molar-refractivity contribution in [3.05, 3.63) is 29.6 Å². The van der Waals surface area contributed by atoms with Crippen LogP contribution in [0.5, 0.6) is 5.75 Å². The lowest BCUT2D eigenvalue weighted by atomic mass is 10.1. The lowest BCUT2D eigenvalue weighted by Gasteiger charge is -2.04.